The van der Waals surface area contributed by atoms with Gasteiger partial charge in [-0.05, 0) is 6.42 Å². The van der Waals surface area contributed by atoms with Crippen LogP contribution in [0.15, 0.2) is 0 Å². The van der Waals surface area contributed by atoms with Crippen LogP contribution in [0.5, 0.6) is 0 Å². The van der Waals surface area contributed by atoms with Gasteiger partial charge in [-0.15, -0.1) is 0 Å². The van der Waals surface area contributed by atoms with E-state index in [0.29, 0.717) is 26.4 Å². The lowest BCUT2D eigenvalue weighted by molar-refractivity contribution is -0.148. The molecule has 0 amide bonds. The number of hydrogen-bond acceptors (Lipinski definition) is 7. The Labute approximate surface area is 202 Å². The molecule has 0 aliphatic heterocycles. The van der Waals surface area contributed by atoms with Crippen LogP contribution in [0.3, 0.4) is 0 Å². The second-order valence-electron chi connectivity index (χ2n) is 8.70. The first kappa shape index (κ1) is 32.3. The van der Waals surface area contributed by atoms with Gasteiger partial charge in [0.2, 0.25) is 0 Å². The molecule has 0 heterocycles. The van der Waals surface area contributed by atoms with E-state index >= 15 is 0 Å². The van der Waals surface area contributed by atoms with Gasteiger partial charge in [-0.25, -0.2) is 0 Å². The number of hydrogen-bond donors (Lipinski definition) is 2. The minimum Gasteiger partial charge on any atom is -0.463 e. The largest absolute Gasteiger partial charge is 0.463 e. The van der Waals surface area contributed by atoms with Crippen molar-refractivity contribution in [3.8, 4) is 0 Å². The van der Waals surface area contributed by atoms with Gasteiger partial charge in [-0.1, -0.05) is 90.4 Å². The molecule has 0 radical (unpaired) electrons. The third-order valence-corrected chi connectivity index (χ3v) is 5.48. The van der Waals surface area contributed by atoms with Crippen molar-refractivity contribution in [2.24, 2.45) is 0 Å². The molecule has 0 aromatic rings. The van der Waals surface area contributed by atoms with E-state index in [1.807, 2.05) is 0 Å². The summed E-state index contributed by atoms with van der Waals surface area (Å²) in [7, 11) is 0. The molecular formula is C26H52O7. The van der Waals surface area contributed by atoms with Gasteiger partial charge in [-0.2, -0.15) is 0 Å². The number of unbranched alkanes of at least 4 members (excludes halogenated alkanes) is 13. The van der Waals surface area contributed by atoms with E-state index in [-0.39, 0.29) is 19.6 Å². The van der Waals surface area contributed by atoms with Gasteiger partial charge in [0, 0.05) is 6.61 Å². The minimum absolute atomic E-state index is 0.112. The normalized spacial score (nSPS) is 12.2. The fourth-order valence-corrected chi connectivity index (χ4v) is 3.41. The molecule has 0 rings (SSSR count). The summed E-state index contributed by atoms with van der Waals surface area (Å²) < 4.78 is 21.1. The minimum atomic E-state index is -1.03. The van der Waals surface area contributed by atoms with E-state index in [4.69, 9.17) is 29.2 Å². The lowest BCUT2D eigenvalue weighted by atomic mass is 10.0. The number of esters is 1. The zero-order valence-corrected chi connectivity index (χ0v) is 21.3. The van der Waals surface area contributed by atoms with Crippen molar-refractivity contribution >= 4 is 5.97 Å². The van der Waals surface area contributed by atoms with Gasteiger partial charge in [0.05, 0.1) is 46.1 Å². The SMILES string of the molecule is CCCCCCCCCCCCCCCCOCCOCCOCCC(=O)OCC(O)CO. The van der Waals surface area contributed by atoms with Crippen molar-refractivity contribution in [3.63, 3.8) is 0 Å². The van der Waals surface area contributed by atoms with Crippen molar-refractivity contribution in [1.82, 2.24) is 0 Å². The number of carbonyl (C=O) groups is 1. The molecule has 0 saturated carbocycles. The highest BCUT2D eigenvalue weighted by Gasteiger charge is 2.07. The first-order valence-electron chi connectivity index (χ1n) is 13.4. The second-order valence-corrected chi connectivity index (χ2v) is 8.70. The lowest BCUT2D eigenvalue weighted by Gasteiger charge is -2.09. The average molecular weight is 477 g/mol. The van der Waals surface area contributed by atoms with E-state index in [9.17, 15) is 4.79 Å². The number of carbonyl (C=O) groups excluding carboxylic acids is 1. The van der Waals surface area contributed by atoms with Crippen molar-refractivity contribution in [1.29, 1.82) is 0 Å². The molecule has 198 valence electrons. The molecule has 0 bridgehead atoms. The summed E-state index contributed by atoms with van der Waals surface area (Å²) in [4.78, 5) is 11.3. The van der Waals surface area contributed by atoms with E-state index in [2.05, 4.69) is 6.92 Å². The number of ether oxygens (including phenoxy) is 4. The van der Waals surface area contributed by atoms with Crippen LogP contribution in [-0.4, -0.2) is 75.1 Å². The molecule has 0 fully saturated rings. The van der Waals surface area contributed by atoms with Crippen LogP contribution in [0.1, 0.15) is 103 Å². The standard InChI is InChI=1S/C26H52O7/c1-2-3-4-5-6-7-8-9-10-11-12-13-14-15-17-30-19-21-32-22-20-31-18-16-26(29)33-24-25(28)23-27/h25,27-28H,2-24H2,1H3. The number of aliphatic hydroxyl groups excluding tert-OH is 2. The molecule has 0 spiro atoms. The summed E-state index contributed by atoms with van der Waals surface area (Å²) >= 11 is 0. The van der Waals surface area contributed by atoms with Crippen LogP contribution in [0.2, 0.25) is 0 Å². The van der Waals surface area contributed by atoms with Crippen molar-refractivity contribution in [2.75, 3.05) is 52.9 Å². The monoisotopic (exact) mass is 476 g/mol. The van der Waals surface area contributed by atoms with Crippen LogP contribution in [0.4, 0.5) is 0 Å². The zero-order valence-electron chi connectivity index (χ0n) is 21.3. The maximum atomic E-state index is 11.3. The molecular weight excluding hydrogens is 424 g/mol. The van der Waals surface area contributed by atoms with Crippen molar-refractivity contribution in [3.05, 3.63) is 0 Å². The van der Waals surface area contributed by atoms with Crippen LogP contribution < -0.4 is 0 Å². The van der Waals surface area contributed by atoms with Gasteiger partial charge in [0.25, 0.3) is 0 Å². The third kappa shape index (κ3) is 27.4. The summed E-state index contributed by atoms with van der Waals surface area (Å²) in [5.41, 5.74) is 0. The fourth-order valence-electron chi connectivity index (χ4n) is 3.41. The van der Waals surface area contributed by atoms with Crippen LogP contribution >= 0.6 is 0 Å². The summed E-state index contributed by atoms with van der Waals surface area (Å²) in [6, 6.07) is 0. The fraction of sp³-hybridized carbons (Fsp3) is 0.962. The van der Waals surface area contributed by atoms with Gasteiger partial charge >= 0.3 is 5.97 Å². The second kappa shape index (κ2) is 27.5. The zero-order chi connectivity index (χ0) is 24.2. The lowest BCUT2D eigenvalue weighted by Crippen LogP contribution is -2.22. The molecule has 7 nitrogen and oxygen atoms in total. The van der Waals surface area contributed by atoms with Gasteiger partial charge in [-0.3, -0.25) is 4.79 Å². The molecule has 33 heavy (non-hydrogen) atoms. The number of rotatable bonds is 27. The summed E-state index contributed by atoms with van der Waals surface area (Å²) in [6.45, 7) is 4.70. The molecule has 0 aliphatic rings. The molecule has 0 saturated heterocycles. The maximum absolute atomic E-state index is 11.3. The van der Waals surface area contributed by atoms with E-state index in [0.717, 1.165) is 13.0 Å². The quantitative estimate of drug-likeness (QED) is 0.130. The third-order valence-electron chi connectivity index (χ3n) is 5.48. The van der Waals surface area contributed by atoms with E-state index in [1.165, 1.54) is 83.5 Å². The summed E-state index contributed by atoms with van der Waals surface area (Å²) in [5, 5.41) is 17.7. The molecule has 2 N–H and O–H groups in total. The van der Waals surface area contributed by atoms with Gasteiger partial charge < -0.3 is 29.2 Å². The Morgan fingerprint density at radius 1 is 0.636 bits per heavy atom. The highest BCUT2D eigenvalue weighted by atomic mass is 16.6. The molecule has 7 heteroatoms. The Balaban J connectivity index is 3.10. The van der Waals surface area contributed by atoms with Gasteiger partial charge in [0.1, 0.15) is 12.7 Å². The van der Waals surface area contributed by atoms with E-state index < -0.39 is 18.7 Å². The topological polar surface area (TPSA) is 94.5 Å². The smallest absolute Gasteiger partial charge is 0.308 e. The Hall–Kier alpha value is -0.730. The Morgan fingerprint density at radius 2 is 1.06 bits per heavy atom. The van der Waals surface area contributed by atoms with Crippen molar-refractivity contribution in [2.45, 2.75) is 109 Å². The molecule has 1 atom stereocenters. The Morgan fingerprint density at radius 3 is 1.55 bits per heavy atom. The van der Waals surface area contributed by atoms with Crippen LogP contribution in [-0.2, 0) is 23.7 Å². The molecule has 1 unspecified atom stereocenters. The highest BCUT2D eigenvalue weighted by molar-refractivity contribution is 5.69. The van der Waals surface area contributed by atoms with Crippen LogP contribution in [0, 0.1) is 0 Å². The number of aliphatic hydroxyl groups is 2. The van der Waals surface area contributed by atoms with Crippen LogP contribution in [0.25, 0.3) is 0 Å². The predicted octanol–water partition coefficient (Wildman–Crippen LogP) is 4.80. The predicted molar refractivity (Wildman–Crippen MR) is 131 cm³/mol. The summed E-state index contributed by atoms with van der Waals surface area (Å²) in [6.07, 6.45) is 18.1. The maximum Gasteiger partial charge on any atom is 0.308 e. The molecule has 0 aliphatic carbocycles. The van der Waals surface area contributed by atoms with Gasteiger partial charge in [0.15, 0.2) is 0 Å². The molecule has 0 aromatic heterocycles. The average Bonchev–Trinajstić information content (AvgIpc) is 2.82. The molecule has 0 aromatic carbocycles. The Bertz CT molecular complexity index is 393. The Kier molecular flexibility index (Phi) is 26.9. The first-order chi connectivity index (χ1) is 16.2. The summed E-state index contributed by atoms with van der Waals surface area (Å²) in [5.74, 6) is -0.458. The highest BCUT2D eigenvalue weighted by Crippen LogP contribution is 2.12. The van der Waals surface area contributed by atoms with E-state index in [1.54, 1.807) is 0 Å². The van der Waals surface area contributed by atoms with Crippen molar-refractivity contribution < 1.29 is 34.0 Å². The first-order valence-corrected chi connectivity index (χ1v) is 13.4.